The molecule has 82 valence electrons. The summed E-state index contributed by atoms with van der Waals surface area (Å²) in [6.07, 6.45) is -0.189. The molecule has 1 aliphatic heterocycles. The van der Waals surface area contributed by atoms with Gasteiger partial charge in [0, 0.05) is 19.1 Å². The number of hydrogen-bond donors (Lipinski definition) is 1. The number of ether oxygens (including phenoxy) is 1. The number of hydrogen-bond acceptors (Lipinski definition) is 4. The van der Waals surface area contributed by atoms with Crippen LogP contribution >= 0.6 is 0 Å². The summed E-state index contributed by atoms with van der Waals surface area (Å²) in [7, 11) is -1.94. The van der Waals surface area contributed by atoms with Crippen molar-refractivity contribution in [3.63, 3.8) is 0 Å². The van der Waals surface area contributed by atoms with Crippen molar-refractivity contribution in [2.24, 2.45) is 0 Å². The number of sulfonamides is 1. The molecule has 1 fully saturated rings. The summed E-state index contributed by atoms with van der Waals surface area (Å²) in [6, 6.07) is -0.280. The number of methoxy groups -OCH3 is 1. The number of rotatable bonds is 4. The molecule has 0 saturated carbocycles. The maximum absolute atomic E-state index is 11.5. The molecule has 1 heterocycles. The van der Waals surface area contributed by atoms with Crippen LogP contribution in [-0.4, -0.2) is 50.2 Å². The average molecular weight is 221 g/mol. The van der Waals surface area contributed by atoms with Gasteiger partial charge < -0.3 is 9.84 Å². The van der Waals surface area contributed by atoms with E-state index in [0.717, 1.165) is 5.41 Å². The fraction of sp³-hybridized carbons (Fsp3) is 0.750. The van der Waals surface area contributed by atoms with Crippen molar-refractivity contribution < 1.29 is 18.3 Å². The van der Waals surface area contributed by atoms with Crippen LogP contribution in [0, 0.1) is 0 Å². The quantitative estimate of drug-likeness (QED) is 0.697. The molecule has 1 saturated heterocycles. The Morgan fingerprint density at radius 3 is 2.86 bits per heavy atom. The summed E-state index contributed by atoms with van der Waals surface area (Å²) in [5, 5.41) is 10.3. The molecule has 0 aliphatic carbocycles. The number of nitrogens with zero attached hydrogens (tertiary/aromatic N) is 1. The molecule has 5 nitrogen and oxygen atoms in total. The highest BCUT2D eigenvalue weighted by Crippen LogP contribution is 2.22. The molecule has 2 unspecified atom stereocenters. The molecule has 0 radical (unpaired) electrons. The van der Waals surface area contributed by atoms with Crippen molar-refractivity contribution >= 4 is 10.0 Å². The largest absolute Gasteiger partial charge is 0.392 e. The maximum atomic E-state index is 11.5. The molecule has 1 N–H and O–H groups in total. The molecule has 1 rings (SSSR count). The SMILES string of the molecule is C=CS(=O)(=O)N1CC(O)CC1COC. The molecular weight excluding hydrogens is 206 g/mol. The first-order valence-electron chi connectivity index (χ1n) is 4.32. The Hall–Kier alpha value is -0.430. The minimum atomic E-state index is -3.44. The van der Waals surface area contributed by atoms with Crippen LogP contribution in [0.4, 0.5) is 0 Å². The zero-order valence-electron chi connectivity index (χ0n) is 8.09. The van der Waals surface area contributed by atoms with E-state index in [-0.39, 0.29) is 12.6 Å². The molecular formula is C8H15NO4S. The van der Waals surface area contributed by atoms with Crippen LogP contribution in [0.3, 0.4) is 0 Å². The zero-order chi connectivity index (χ0) is 10.8. The van der Waals surface area contributed by atoms with Gasteiger partial charge in [0.25, 0.3) is 0 Å². The van der Waals surface area contributed by atoms with Crippen molar-refractivity contribution in [3.05, 3.63) is 12.0 Å². The highest BCUT2D eigenvalue weighted by molar-refractivity contribution is 7.92. The van der Waals surface area contributed by atoms with Crippen molar-refractivity contribution in [1.29, 1.82) is 0 Å². The molecule has 14 heavy (non-hydrogen) atoms. The van der Waals surface area contributed by atoms with Gasteiger partial charge in [-0.2, -0.15) is 4.31 Å². The third kappa shape index (κ3) is 2.33. The lowest BCUT2D eigenvalue weighted by molar-refractivity contribution is 0.146. The number of β-amino-alcohol motifs (C(OH)–C–C–N with tert-alkyl or cyclic N) is 1. The Balaban J connectivity index is 2.81. The lowest BCUT2D eigenvalue weighted by Gasteiger charge is -2.20. The van der Waals surface area contributed by atoms with Gasteiger partial charge in [0.2, 0.25) is 10.0 Å². The van der Waals surface area contributed by atoms with E-state index in [1.54, 1.807) is 0 Å². The number of aliphatic hydroxyl groups is 1. The molecule has 0 amide bonds. The van der Waals surface area contributed by atoms with E-state index < -0.39 is 16.1 Å². The Kier molecular flexibility index (Phi) is 3.65. The third-order valence-corrected chi connectivity index (χ3v) is 3.76. The van der Waals surface area contributed by atoms with Crippen LogP contribution in [0.2, 0.25) is 0 Å². The monoisotopic (exact) mass is 221 g/mol. The molecule has 0 aromatic rings. The molecule has 0 aromatic heterocycles. The van der Waals surface area contributed by atoms with E-state index in [0.29, 0.717) is 13.0 Å². The van der Waals surface area contributed by atoms with Crippen molar-refractivity contribution in [3.8, 4) is 0 Å². The third-order valence-electron chi connectivity index (χ3n) is 2.24. The van der Waals surface area contributed by atoms with E-state index in [9.17, 15) is 13.5 Å². The highest BCUT2D eigenvalue weighted by Gasteiger charge is 2.37. The zero-order valence-corrected chi connectivity index (χ0v) is 8.90. The first-order chi connectivity index (χ1) is 6.51. The normalized spacial score (nSPS) is 29.3. The predicted octanol–water partition coefficient (Wildman–Crippen LogP) is -0.459. The second-order valence-electron chi connectivity index (χ2n) is 3.28. The summed E-state index contributed by atoms with van der Waals surface area (Å²) in [4.78, 5) is 0. The van der Waals surface area contributed by atoms with Crippen LogP contribution in [0.5, 0.6) is 0 Å². The van der Waals surface area contributed by atoms with E-state index in [1.807, 2.05) is 0 Å². The van der Waals surface area contributed by atoms with Crippen LogP contribution in [-0.2, 0) is 14.8 Å². The van der Waals surface area contributed by atoms with Gasteiger partial charge in [-0.25, -0.2) is 8.42 Å². The lowest BCUT2D eigenvalue weighted by Crippen LogP contribution is -2.37. The molecule has 0 spiro atoms. The Morgan fingerprint density at radius 2 is 2.36 bits per heavy atom. The fourth-order valence-corrected chi connectivity index (χ4v) is 2.75. The van der Waals surface area contributed by atoms with Gasteiger partial charge in [-0.3, -0.25) is 0 Å². The minimum Gasteiger partial charge on any atom is -0.392 e. The van der Waals surface area contributed by atoms with E-state index in [1.165, 1.54) is 11.4 Å². The highest BCUT2D eigenvalue weighted by atomic mass is 32.2. The van der Waals surface area contributed by atoms with Gasteiger partial charge in [0.05, 0.1) is 18.8 Å². The summed E-state index contributed by atoms with van der Waals surface area (Å²) in [5.74, 6) is 0. The topological polar surface area (TPSA) is 66.8 Å². The molecule has 1 aliphatic rings. The second-order valence-corrected chi connectivity index (χ2v) is 5.11. The Bertz CT molecular complexity index is 300. The van der Waals surface area contributed by atoms with E-state index in [2.05, 4.69) is 6.58 Å². The van der Waals surface area contributed by atoms with Gasteiger partial charge >= 0.3 is 0 Å². The lowest BCUT2D eigenvalue weighted by atomic mass is 10.2. The van der Waals surface area contributed by atoms with Gasteiger partial charge in [-0.05, 0) is 6.42 Å². The molecule has 0 bridgehead atoms. The van der Waals surface area contributed by atoms with Gasteiger partial charge in [-0.15, -0.1) is 0 Å². The van der Waals surface area contributed by atoms with Gasteiger partial charge in [-0.1, -0.05) is 6.58 Å². The van der Waals surface area contributed by atoms with Crippen LogP contribution in [0.15, 0.2) is 12.0 Å². The smallest absolute Gasteiger partial charge is 0.236 e. The molecule has 6 heteroatoms. The number of aliphatic hydroxyl groups excluding tert-OH is 1. The van der Waals surface area contributed by atoms with Crippen LogP contribution in [0.1, 0.15) is 6.42 Å². The van der Waals surface area contributed by atoms with Gasteiger partial charge in [0.1, 0.15) is 0 Å². The van der Waals surface area contributed by atoms with Crippen molar-refractivity contribution in [2.45, 2.75) is 18.6 Å². The van der Waals surface area contributed by atoms with E-state index >= 15 is 0 Å². The standard InChI is InChI=1S/C8H15NO4S/c1-3-14(11,12)9-5-8(10)4-7(9)6-13-2/h3,7-8,10H,1,4-6H2,2H3. The molecule has 2 atom stereocenters. The summed E-state index contributed by atoms with van der Waals surface area (Å²) in [6.45, 7) is 3.67. The van der Waals surface area contributed by atoms with Crippen molar-refractivity contribution in [2.75, 3.05) is 20.3 Å². The average Bonchev–Trinajstić information content (AvgIpc) is 2.48. The first kappa shape index (κ1) is 11.6. The summed E-state index contributed by atoms with van der Waals surface area (Å²) in [5.41, 5.74) is 0. The van der Waals surface area contributed by atoms with Crippen LogP contribution < -0.4 is 0 Å². The van der Waals surface area contributed by atoms with E-state index in [4.69, 9.17) is 4.74 Å². The molecule has 0 aromatic carbocycles. The van der Waals surface area contributed by atoms with Gasteiger partial charge in [0.15, 0.2) is 0 Å². The fourth-order valence-electron chi connectivity index (χ4n) is 1.61. The predicted molar refractivity (Wildman–Crippen MR) is 52.1 cm³/mol. The maximum Gasteiger partial charge on any atom is 0.236 e. The van der Waals surface area contributed by atoms with Crippen LogP contribution in [0.25, 0.3) is 0 Å². The van der Waals surface area contributed by atoms with Crippen molar-refractivity contribution in [1.82, 2.24) is 4.31 Å². The second kappa shape index (κ2) is 4.39. The Morgan fingerprint density at radius 1 is 1.71 bits per heavy atom. The first-order valence-corrected chi connectivity index (χ1v) is 5.83. The minimum absolute atomic E-state index is 0.127. The Labute approximate surface area is 84.0 Å². The summed E-state index contributed by atoms with van der Waals surface area (Å²) >= 11 is 0. The summed E-state index contributed by atoms with van der Waals surface area (Å²) < 4.78 is 29.1.